The van der Waals surface area contributed by atoms with Gasteiger partial charge in [0, 0.05) is 30.5 Å². The first-order valence-electron chi connectivity index (χ1n) is 17.0. The second-order valence-electron chi connectivity index (χ2n) is 13.8. The molecule has 6 atom stereocenters. The molecule has 2 aliphatic carbocycles. The largest absolute Gasteiger partial charge is 0.494 e. The number of hydrogen-bond donors (Lipinski definition) is 4. The predicted molar refractivity (Wildman–Crippen MR) is 180 cm³/mol. The number of carbonyl (C=O) groups excluding carboxylic acids is 3. The smallest absolute Gasteiger partial charge is 0.405 e. The lowest BCUT2D eigenvalue weighted by Gasteiger charge is -2.32. The minimum Gasteiger partial charge on any atom is -0.494 e. The zero-order valence-electron chi connectivity index (χ0n) is 28.5. The molecule has 51 heavy (non-hydrogen) atoms. The van der Waals surface area contributed by atoms with Crippen molar-refractivity contribution in [1.82, 2.24) is 25.2 Å². The number of nitrogens with zero attached hydrogens (tertiary/aromatic N) is 2. The Labute approximate surface area is 294 Å². The van der Waals surface area contributed by atoms with Gasteiger partial charge in [0.1, 0.15) is 23.7 Å². The Morgan fingerprint density at radius 3 is 2.71 bits per heavy atom. The molecular weight excluding hydrogens is 689 g/mol. The third-order valence-corrected chi connectivity index (χ3v) is 12.4. The summed E-state index contributed by atoms with van der Waals surface area (Å²) < 4.78 is 59.3. The van der Waals surface area contributed by atoms with Gasteiger partial charge in [-0.3, -0.25) is 19.1 Å². The van der Waals surface area contributed by atoms with E-state index in [1.807, 2.05) is 6.08 Å². The van der Waals surface area contributed by atoms with Crippen LogP contribution in [0.4, 0.5) is 9.18 Å². The van der Waals surface area contributed by atoms with Crippen LogP contribution in [-0.2, 0) is 29.1 Å². The van der Waals surface area contributed by atoms with E-state index in [9.17, 15) is 37.1 Å². The molecule has 0 bridgehead atoms. The van der Waals surface area contributed by atoms with Crippen LogP contribution in [0.5, 0.6) is 11.6 Å². The van der Waals surface area contributed by atoms with Gasteiger partial charge < -0.3 is 34.9 Å². The molecule has 17 heteroatoms. The normalized spacial score (nSPS) is 29.7. The van der Waals surface area contributed by atoms with Gasteiger partial charge in [-0.05, 0) is 69.0 Å². The van der Waals surface area contributed by atoms with E-state index in [0.717, 1.165) is 0 Å². The maximum absolute atomic E-state index is 14.7. The number of carbonyl (C=O) groups is 4. The van der Waals surface area contributed by atoms with Crippen LogP contribution in [0.1, 0.15) is 58.8 Å². The summed E-state index contributed by atoms with van der Waals surface area (Å²) in [5, 5.41) is 15.6. The van der Waals surface area contributed by atoms with Crippen LogP contribution < -0.4 is 24.8 Å². The van der Waals surface area contributed by atoms with Crippen molar-refractivity contribution in [2.75, 3.05) is 20.3 Å². The molecule has 3 fully saturated rings. The zero-order valence-corrected chi connectivity index (χ0v) is 29.3. The predicted octanol–water partition coefficient (Wildman–Crippen LogP) is 2.39. The van der Waals surface area contributed by atoms with Crippen molar-refractivity contribution in [1.29, 1.82) is 0 Å². The first kappa shape index (κ1) is 36.3. The fourth-order valence-corrected chi connectivity index (χ4v) is 8.08. The fraction of sp³-hybridized carbons (Fsp3) is 0.559. The van der Waals surface area contributed by atoms with Gasteiger partial charge in [-0.15, -0.1) is 0 Å². The summed E-state index contributed by atoms with van der Waals surface area (Å²) in [7, 11) is -2.70. The monoisotopic (exact) mass is 731 g/mol. The molecule has 4 N–H and O–H groups in total. The van der Waals surface area contributed by atoms with Crippen molar-refractivity contribution in [3.63, 3.8) is 0 Å². The number of hydrogen-bond acceptors (Lipinski definition) is 10. The van der Waals surface area contributed by atoms with Crippen LogP contribution in [0.3, 0.4) is 0 Å². The molecule has 2 aliphatic heterocycles. The Hall–Kier alpha value is -4.51. The second-order valence-corrected chi connectivity index (χ2v) is 16.0. The number of methoxy groups -OCH3 is 1. The Morgan fingerprint density at radius 1 is 1.25 bits per heavy atom. The number of benzene rings is 1. The summed E-state index contributed by atoms with van der Waals surface area (Å²) in [5.41, 5.74) is -1.60. The molecule has 1 aromatic carbocycles. The number of amides is 4. The molecule has 2 aromatic rings. The highest BCUT2D eigenvalue weighted by molar-refractivity contribution is 7.91. The van der Waals surface area contributed by atoms with E-state index in [-0.39, 0.29) is 44.0 Å². The van der Waals surface area contributed by atoms with Gasteiger partial charge in [-0.1, -0.05) is 19.1 Å². The van der Waals surface area contributed by atoms with E-state index in [1.54, 1.807) is 26.0 Å². The number of sulfonamides is 1. The summed E-state index contributed by atoms with van der Waals surface area (Å²) in [4.78, 5) is 59.6. The van der Waals surface area contributed by atoms with Gasteiger partial charge >= 0.3 is 6.09 Å². The molecule has 3 heterocycles. The van der Waals surface area contributed by atoms with Crippen LogP contribution >= 0.6 is 0 Å². The third-order valence-electron chi connectivity index (χ3n) is 10.3. The first-order chi connectivity index (χ1) is 24.2. The second kappa shape index (κ2) is 13.9. The van der Waals surface area contributed by atoms with Crippen LogP contribution in [0, 0.1) is 11.7 Å². The minimum absolute atomic E-state index is 0.0172. The summed E-state index contributed by atoms with van der Waals surface area (Å²) >= 11 is 0. The maximum Gasteiger partial charge on any atom is 0.405 e. The third kappa shape index (κ3) is 7.18. The molecule has 1 aromatic heterocycles. The molecule has 6 rings (SSSR count). The quantitative estimate of drug-likeness (QED) is 0.291. The number of nitrogens with one attached hydrogen (secondary N) is 3. The molecule has 15 nitrogen and oxygen atoms in total. The average Bonchev–Trinajstić information content (AvgIpc) is 3.96. The number of aromatic nitrogens is 1. The van der Waals surface area contributed by atoms with Crippen LogP contribution in [0.2, 0.25) is 0 Å². The Kier molecular flexibility index (Phi) is 9.89. The van der Waals surface area contributed by atoms with Crippen molar-refractivity contribution < 1.29 is 51.3 Å². The fourth-order valence-electron chi connectivity index (χ4n) is 6.77. The van der Waals surface area contributed by atoms with E-state index >= 15 is 0 Å². The van der Waals surface area contributed by atoms with Gasteiger partial charge in [0.15, 0.2) is 11.6 Å². The molecule has 4 aliphatic rings. The SMILES string of the molecule is CC[C@@H]1OCCC/C=C\[C@@H]2C[C@@]2(C(=O)NS(=O)(=O)C2(C)CC2)NC(=O)[C@@H]2C[C@@H](Oc3nccc4cc(OC)c(F)cc34)CN2C(=O)[C@H]1NC(=O)O. The van der Waals surface area contributed by atoms with E-state index in [1.165, 1.54) is 30.3 Å². The number of allylic oxidation sites excluding steroid dienone is 1. The van der Waals surface area contributed by atoms with Gasteiger partial charge in [0.2, 0.25) is 27.7 Å². The number of ether oxygens (including phenoxy) is 3. The first-order valence-corrected chi connectivity index (χ1v) is 18.5. The molecule has 276 valence electrons. The van der Waals surface area contributed by atoms with Gasteiger partial charge in [0.05, 0.1) is 24.5 Å². The van der Waals surface area contributed by atoms with Crippen LogP contribution in [-0.4, -0.2) is 102 Å². The number of fused-ring (bicyclic) bond motifs is 3. The lowest BCUT2D eigenvalue weighted by atomic mass is 10.1. The van der Waals surface area contributed by atoms with Crippen molar-refractivity contribution in [3.05, 3.63) is 42.4 Å². The van der Waals surface area contributed by atoms with Gasteiger partial charge in [-0.25, -0.2) is 22.6 Å². The topological polar surface area (TPSA) is 203 Å². The highest BCUT2D eigenvalue weighted by Crippen LogP contribution is 2.47. The molecule has 0 spiro atoms. The Bertz CT molecular complexity index is 1870. The number of carboxylic acid groups (broad SMARTS) is 1. The molecule has 0 radical (unpaired) electrons. The summed E-state index contributed by atoms with van der Waals surface area (Å²) in [5.74, 6) is -3.50. The van der Waals surface area contributed by atoms with E-state index in [4.69, 9.17) is 14.2 Å². The van der Waals surface area contributed by atoms with Gasteiger partial charge in [0.25, 0.3) is 5.91 Å². The Morgan fingerprint density at radius 2 is 2.02 bits per heavy atom. The number of rotatable bonds is 8. The lowest BCUT2D eigenvalue weighted by molar-refractivity contribution is -0.144. The van der Waals surface area contributed by atoms with Gasteiger partial charge in [-0.2, -0.15) is 0 Å². The van der Waals surface area contributed by atoms with E-state index in [2.05, 4.69) is 20.3 Å². The number of halogens is 1. The van der Waals surface area contributed by atoms with Crippen molar-refractivity contribution in [3.8, 4) is 11.6 Å². The highest BCUT2D eigenvalue weighted by atomic mass is 32.2. The zero-order chi connectivity index (χ0) is 36.7. The highest BCUT2D eigenvalue weighted by Gasteiger charge is 2.63. The van der Waals surface area contributed by atoms with Crippen molar-refractivity contribution in [2.24, 2.45) is 5.92 Å². The number of pyridine rings is 1. The van der Waals surface area contributed by atoms with Crippen molar-refractivity contribution >= 4 is 44.6 Å². The van der Waals surface area contributed by atoms with Crippen LogP contribution in [0.15, 0.2) is 36.5 Å². The van der Waals surface area contributed by atoms with E-state index < -0.39 is 80.2 Å². The summed E-state index contributed by atoms with van der Waals surface area (Å²) in [6, 6.07) is 1.66. The average molecular weight is 732 g/mol. The molecule has 2 saturated carbocycles. The molecule has 1 saturated heterocycles. The summed E-state index contributed by atoms with van der Waals surface area (Å²) in [6.07, 6.45) is 3.94. The molecule has 0 unspecified atom stereocenters. The molecule has 4 amide bonds. The Balaban J connectivity index is 1.34. The van der Waals surface area contributed by atoms with Crippen molar-refractivity contribution in [2.45, 2.75) is 93.4 Å². The lowest BCUT2D eigenvalue weighted by Crippen LogP contribution is -2.60. The maximum atomic E-state index is 14.7. The summed E-state index contributed by atoms with van der Waals surface area (Å²) in [6.45, 7) is 3.29. The minimum atomic E-state index is -4.03. The van der Waals surface area contributed by atoms with E-state index in [0.29, 0.717) is 36.5 Å². The standard InChI is InChI=1S/C34H42FN5O10S/c1-4-25-27(37-32(44)45)30(42)40-18-21(50-29-22-16-23(35)26(48-3)14-19(22)9-12-36-29)15-24(40)28(41)38-34(17-20(34)8-6-5-7-13-49-25)31(43)39-51(46,47)33(2)10-11-33/h6,8-9,12,14,16,20-21,24-25,27,37H,4-5,7,10-11,13,15,17-18H2,1-3H3,(H,38,41)(H,39,43)(H,44,45)/b8-6-/t20-,21-,24+,25+,27+,34-/m1/s1. The van der Waals surface area contributed by atoms with Crippen LogP contribution in [0.25, 0.3) is 10.8 Å². The molecular formula is C34H42FN5O10S.